The van der Waals surface area contributed by atoms with Crippen LogP contribution in [0.3, 0.4) is 0 Å². The van der Waals surface area contributed by atoms with Crippen LogP contribution in [-0.4, -0.2) is 12.9 Å². The fraction of sp³-hybridized carbons (Fsp3) is 0.211. The predicted octanol–water partition coefficient (Wildman–Crippen LogP) is 2.35. The molecule has 1 aromatic heterocycles. The molecule has 0 spiro atoms. The summed E-state index contributed by atoms with van der Waals surface area (Å²) in [5.74, 6) is 0.853. The maximum Gasteiger partial charge on any atom is 0.345 e. The first-order valence-corrected chi connectivity index (χ1v) is 7.83. The quantitative estimate of drug-likeness (QED) is 0.668. The Balaban J connectivity index is 2.21. The largest absolute Gasteiger partial charge is 0.497 e. The molecule has 1 aliphatic heterocycles. The molecule has 0 amide bonds. The van der Waals surface area contributed by atoms with Crippen LogP contribution in [0.25, 0.3) is 0 Å². The highest BCUT2D eigenvalue weighted by atomic mass is 16.5. The maximum atomic E-state index is 12.4. The summed E-state index contributed by atoms with van der Waals surface area (Å²) >= 11 is 0. The minimum absolute atomic E-state index is 0.0123. The Labute approximate surface area is 149 Å². The molecule has 2 heterocycles. The van der Waals surface area contributed by atoms with Crippen molar-refractivity contribution in [1.29, 1.82) is 5.26 Å². The lowest BCUT2D eigenvalue weighted by Gasteiger charge is -2.29. The maximum absolute atomic E-state index is 12.4. The highest BCUT2D eigenvalue weighted by Gasteiger charge is 2.32. The minimum Gasteiger partial charge on any atom is -0.497 e. The van der Waals surface area contributed by atoms with E-state index in [1.54, 1.807) is 44.4 Å². The summed E-state index contributed by atoms with van der Waals surface area (Å²) < 4.78 is 16.0. The Morgan fingerprint density at radius 2 is 2.00 bits per heavy atom. The van der Waals surface area contributed by atoms with Gasteiger partial charge in [-0.05, 0) is 24.6 Å². The molecule has 3 rings (SSSR count). The Morgan fingerprint density at radius 1 is 1.31 bits per heavy atom. The molecule has 0 saturated heterocycles. The lowest BCUT2D eigenvalue weighted by atomic mass is 9.97. The summed E-state index contributed by atoms with van der Waals surface area (Å²) in [5.41, 5.74) is 0.295. The van der Waals surface area contributed by atoms with Gasteiger partial charge in [0.05, 0.1) is 13.2 Å². The number of carbonyl (C=O) groups is 1. The third-order valence-corrected chi connectivity index (χ3v) is 3.99. The number of nitrogens with one attached hydrogen (secondary N) is 1. The van der Waals surface area contributed by atoms with Crippen molar-refractivity contribution in [2.75, 3.05) is 7.11 Å². The standard InChI is InChI=1S/C19H16N2O5/c1-10-8-15-16(19(23)25-10)17(12-4-6-13(24-3)7-5-12)21-18(26-15)14(9-20)11(2)22/h4-8,17,21H,1-3H3/b18-14-. The van der Waals surface area contributed by atoms with Gasteiger partial charge in [0, 0.05) is 13.0 Å². The monoisotopic (exact) mass is 352 g/mol. The Kier molecular flexibility index (Phi) is 4.50. The molecule has 7 heteroatoms. The fourth-order valence-corrected chi connectivity index (χ4v) is 2.74. The van der Waals surface area contributed by atoms with Crippen LogP contribution in [0.1, 0.15) is 29.9 Å². The van der Waals surface area contributed by atoms with Gasteiger partial charge in [-0.3, -0.25) is 4.79 Å². The summed E-state index contributed by atoms with van der Waals surface area (Å²) in [4.78, 5) is 24.2. The average molecular weight is 352 g/mol. The van der Waals surface area contributed by atoms with Crippen molar-refractivity contribution < 1.29 is 18.7 Å². The molecule has 1 aromatic carbocycles. The third-order valence-electron chi connectivity index (χ3n) is 3.99. The molecule has 1 N–H and O–H groups in total. The molecule has 1 aliphatic rings. The van der Waals surface area contributed by atoms with Crippen molar-refractivity contribution in [3.8, 4) is 17.6 Å². The smallest absolute Gasteiger partial charge is 0.345 e. The van der Waals surface area contributed by atoms with E-state index in [0.29, 0.717) is 11.5 Å². The lowest BCUT2D eigenvalue weighted by molar-refractivity contribution is -0.113. The number of aryl methyl sites for hydroxylation is 1. The van der Waals surface area contributed by atoms with E-state index in [2.05, 4.69) is 5.32 Å². The lowest BCUT2D eigenvalue weighted by Crippen LogP contribution is -2.35. The van der Waals surface area contributed by atoms with Crippen molar-refractivity contribution in [3.05, 3.63) is 69.1 Å². The molecule has 2 aromatic rings. The Hall–Kier alpha value is -3.53. The van der Waals surface area contributed by atoms with Gasteiger partial charge in [-0.1, -0.05) is 12.1 Å². The molecule has 0 bridgehead atoms. The molecule has 0 radical (unpaired) electrons. The number of Topliss-reactive ketones (excluding diaryl/α,β-unsaturated/α-hetero) is 1. The van der Waals surface area contributed by atoms with Crippen molar-refractivity contribution in [2.45, 2.75) is 19.9 Å². The van der Waals surface area contributed by atoms with Crippen molar-refractivity contribution in [2.24, 2.45) is 0 Å². The normalized spacial score (nSPS) is 17.2. The molecule has 132 valence electrons. The fourth-order valence-electron chi connectivity index (χ4n) is 2.74. The van der Waals surface area contributed by atoms with Crippen molar-refractivity contribution in [1.82, 2.24) is 5.32 Å². The van der Waals surface area contributed by atoms with Gasteiger partial charge in [0.2, 0.25) is 5.88 Å². The van der Waals surface area contributed by atoms with E-state index in [1.165, 1.54) is 6.92 Å². The van der Waals surface area contributed by atoms with E-state index in [0.717, 1.165) is 5.56 Å². The van der Waals surface area contributed by atoms with Crippen LogP contribution >= 0.6 is 0 Å². The van der Waals surface area contributed by atoms with Gasteiger partial charge in [-0.15, -0.1) is 0 Å². The van der Waals surface area contributed by atoms with E-state index in [4.69, 9.17) is 13.9 Å². The van der Waals surface area contributed by atoms with Crippen LogP contribution in [0, 0.1) is 18.3 Å². The molecule has 7 nitrogen and oxygen atoms in total. The molecule has 26 heavy (non-hydrogen) atoms. The summed E-state index contributed by atoms with van der Waals surface area (Å²) in [7, 11) is 1.56. The number of methoxy groups -OCH3 is 1. The van der Waals surface area contributed by atoms with E-state index in [1.807, 2.05) is 6.07 Å². The second-order valence-corrected chi connectivity index (χ2v) is 5.75. The number of fused-ring (bicyclic) bond motifs is 1. The van der Waals surface area contributed by atoms with Crippen LogP contribution in [-0.2, 0) is 4.79 Å². The second-order valence-electron chi connectivity index (χ2n) is 5.75. The number of ketones is 1. The molecular weight excluding hydrogens is 336 g/mol. The molecular formula is C19H16N2O5. The van der Waals surface area contributed by atoms with Gasteiger partial charge in [-0.2, -0.15) is 5.26 Å². The second kappa shape index (κ2) is 6.76. The zero-order valence-corrected chi connectivity index (χ0v) is 14.5. The van der Waals surface area contributed by atoms with E-state index >= 15 is 0 Å². The van der Waals surface area contributed by atoms with Crippen LogP contribution in [0.2, 0.25) is 0 Å². The molecule has 0 saturated carbocycles. The number of hydrogen-bond acceptors (Lipinski definition) is 7. The van der Waals surface area contributed by atoms with Crippen molar-refractivity contribution in [3.63, 3.8) is 0 Å². The highest BCUT2D eigenvalue weighted by molar-refractivity contribution is 5.97. The molecule has 1 unspecified atom stereocenters. The number of carbonyl (C=O) groups excluding carboxylic acids is 1. The summed E-state index contributed by atoms with van der Waals surface area (Å²) in [6.07, 6.45) is 0. The van der Waals surface area contributed by atoms with Gasteiger partial charge in [0.15, 0.2) is 11.4 Å². The van der Waals surface area contributed by atoms with E-state index in [-0.39, 0.29) is 22.8 Å². The summed E-state index contributed by atoms with van der Waals surface area (Å²) in [6.45, 7) is 2.90. The van der Waals surface area contributed by atoms with Gasteiger partial charge < -0.3 is 19.2 Å². The molecule has 1 atom stereocenters. The van der Waals surface area contributed by atoms with Gasteiger partial charge in [0.25, 0.3) is 0 Å². The zero-order valence-electron chi connectivity index (χ0n) is 14.5. The number of allylic oxidation sites excluding steroid dienone is 1. The number of benzene rings is 1. The number of hydrogen-bond donors (Lipinski definition) is 1. The van der Waals surface area contributed by atoms with E-state index in [9.17, 15) is 14.9 Å². The van der Waals surface area contributed by atoms with Crippen LogP contribution in [0.15, 0.2) is 51.0 Å². The first kappa shape index (κ1) is 17.3. The highest BCUT2D eigenvalue weighted by Crippen LogP contribution is 2.35. The predicted molar refractivity (Wildman–Crippen MR) is 91.6 cm³/mol. The number of ether oxygens (including phenoxy) is 2. The molecule has 0 fully saturated rings. The first-order valence-electron chi connectivity index (χ1n) is 7.83. The minimum atomic E-state index is -0.640. The average Bonchev–Trinajstić information content (AvgIpc) is 2.61. The topological polar surface area (TPSA) is 102 Å². The van der Waals surface area contributed by atoms with Gasteiger partial charge >= 0.3 is 5.63 Å². The van der Waals surface area contributed by atoms with Crippen LogP contribution in [0.4, 0.5) is 0 Å². The number of rotatable bonds is 3. The van der Waals surface area contributed by atoms with Crippen LogP contribution in [0.5, 0.6) is 11.5 Å². The SMILES string of the molecule is COc1ccc(C2N/C(=C(\C#N)C(C)=O)Oc3cc(C)oc(=O)c32)cc1. The Morgan fingerprint density at radius 3 is 2.58 bits per heavy atom. The van der Waals surface area contributed by atoms with Gasteiger partial charge in [-0.25, -0.2) is 4.79 Å². The van der Waals surface area contributed by atoms with E-state index < -0.39 is 17.5 Å². The summed E-state index contributed by atoms with van der Waals surface area (Å²) in [5, 5.41) is 12.3. The number of nitrogens with zero attached hydrogens (tertiary/aromatic N) is 1. The third kappa shape index (κ3) is 3.05. The van der Waals surface area contributed by atoms with Crippen molar-refractivity contribution >= 4 is 5.78 Å². The zero-order chi connectivity index (χ0) is 18.8. The Bertz CT molecular complexity index is 996. The summed E-state index contributed by atoms with van der Waals surface area (Å²) in [6, 6.07) is 9.82. The first-order chi connectivity index (χ1) is 12.4. The number of nitriles is 1. The van der Waals surface area contributed by atoms with Crippen LogP contribution < -0.4 is 20.4 Å². The molecule has 0 aliphatic carbocycles. The van der Waals surface area contributed by atoms with Gasteiger partial charge in [0.1, 0.15) is 28.9 Å².